The van der Waals surface area contributed by atoms with Crippen LogP contribution in [-0.2, 0) is 0 Å². The quantitative estimate of drug-likeness (QED) is 0.247. The first-order chi connectivity index (χ1) is 12.5. The molecule has 0 saturated heterocycles. The summed E-state index contributed by atoms with van der Waals surface area (Å²) < 4.78 is 10.7. The average Bonchev–Trinajstić information content (AvgIpc) is 2.66. The van der Waals surface area contributed by atoms with Crippen molar-refractivity contribution >= 4 is 17.5 Å². The van der Waals surface area contributed by atoms with Gasteiger partial charge in [-0.2, -0.15) is 5.26 Å². The number of ether oxygens (including phenoxy) is 2. The highest BCUT2D eigenvalue weighted by Crippen LogP contribution is 2.29. The number of hydrogen-bond donors (Lipinski definition) is 0. The van der Waals surface area contributed by atoms with E-state index >= 15 is 0 Å². The first kappa shape index (κ1) is 18.7. The zero-order valence-electron chi connectivity index (χ0n) is 14.3. The second-order valence-corrected chi connectivity index (χ2v) is 5.15. The van der Waals surface area contributed by atoms with Crippen LogP contribution in [0, 0.1) is 21.4 Å². The average molecular weight is 352 g/mol. The molecule has 7 nitrogen and oxygen atoms in total. The number of nitriles is 1. The third-order valence-electron chi connectivity index (χ3n) is 3.48. The van der Waals surface area contributed by atoms with Gasteiger partial charge in [0.15, 0.2) is 11.5 Å². The van der Waals surface area contributed by atoms with E-state index in [4.69, 9.17) is 9.47 Å². The molecule has 0 aromatic heterocycles. The first-order valence-electron chi connectivity index (χ1n) is 7.72. The molecule has 132 valence electrons. The number of allylic oxidation sites excluding steroid dienone is 1. The smallest absolute Gasteiger partial charge is 0.270 e. The molecular weight excluding hydrogens is 336 g/mol. The Labute approximate surface area is 150 Å². The Kier molecular flexibility index (Phi) is 6.06. The molecule has 0 aliphatic carbocycles. The maximum atomic E-state index is 12.5. The highest BCUT2D eigenvalue weighted by atomic mass is 16.6. The summed E-state index contributed by atoms with van der Waals surface area (Å²) in [7, 11) is 1.49. The summed E-state index contributed by atoms with van der Waals surface area (Å²) in [5.74, 6) is 0.431. The van der Waals surface area contributed by atoms with Crippen molar-refractivity contribution in [2.45, 2.75) is 6.92 Å². The summed E-state index contributed by atoms with van der Waals surface area (Å²) in [4.78, 5) is 22.8. The highest BCUT2D eigenvalue weighted by Gasteiger charge is 2.16. The van der Waals surface area contributed by atoms with Crippen LogP contribution in [0.4, 0.5) is 5.69 Å². The molecule has 0 aliphatic rings. The van der Waals surface area contributed by atoms with Crippen molar-refractivity contribution in [2.75, 3.05) is 13.7 Å². The van der Waals surface area contributed by atoms with Crippen molar-refractivity contribution in [1.29, 1.82) is 5.26 Å². The lowest BCUT2D eigenvalue weighted by Crippen LogP contribution is -2.03. The van der Waals surface area contributed by atoms with Gasteiger partial charge >= 0.3 is 0 Å². The van der Waals surface area contributed by atoms with E-state index in [2.05, 4.69) is 0 Å². The van der Waals surface area contributed by atoms with Gasteiger partial charge in [0.1, 0.15) is 11.6 Å². The van der Waals surface area contributed by atoms with Crippen LogP contribution in [0.25, 0.3) is 6.08 Å². The number of nitro benzene ring substituents is 1. The Balaban J connectivity index is 2.38. The summed E-state index contributed by atoms with van der Waals surface area (Å²) in [5, 5.41) is 20.2. The van der Waals surface area contributed by atoms with E-state index in [1.807, 2.05) is 13.0 Å². The van der Waals surface area contributed by atoms with Gasteiger partial charge < -0.3 is 9.47 Å². The Morgan fingerprint density at radius 3 is 2.65 bits per heavy atom. The molecule has 0 radical (unpaired) electrons. The number of Topliss-reactive ketones (excluding diaryl/α,β-unsaturated/α-hetero) is 1. The molecular formula is C19H16N2O5. The Hall–Kier alpha value is -3.66. The van der Waals surface area contributed by atoms with Crippen molar-refractivity contribution in [3.8, 4) is 17.6 Å². The number of carbonyl (C=O) groups is 1. The number of rotatable bonds is 7. The summed E-state index contributed by atoms with van der Waals surface area (Å²) in [5.41, 5.74) is 0.290. The van der Waals surface area contributed by atoms with Crippen molar-refractivity contribution in [2.24, 2.45) is 0 Å². The fraction of sp³-hybridized carbons (Fsp3) is 0.158. The minimum atomic E-state index is -0.593. The minimum Gasteiger partial charge on any atom is -0.493 e. The molecule has 0 fully saturated rings. The fourth-order valence-electron chi connectivity index (χ4n) is 2.28. The van der Waals surface area contributed by atoms with Gasteiger partial charge in [-0.1, -0.05) is 18.2 Å². The van der Waals surface area contributed by atoms with Gasteiger partial charge in [-0.05, 0) is 30.7 Å². The molecule has 0 aliphatic heterocycles. The monoisotopic (exact) mass is 352 g/mol. The van der Waals surface area contributed by atoms with E-state index in [0.29, 0.717) is 23.7 Å². The number of methoxy groups -OCH3 is 1. The molecule has 26 heavy (non-hydrogen) atoms. The summed E-state index contributed by atoms with van der Waals surface area (Å²) >= 11 is 0. The van der Waals surface area contributed by atoms with Gasteiger partial charge in [-0.3, -0.25) is 14.9 Å². The van der Waals surface area contributed by atoms with Crippen LogP contribution >= 0.6 is 0 Å². The zero-order valence-corrected chi connectivity index (χ0v) is 14.3. The van der Waals surface area contributed by atoms with Crippen molar-refractivity contribution in [3.05, 3.63) is 69.3 Å². The van der Waals surface area contributed by atoms with Gasteiger partial charge in [-0.15, -0.1) is 0 Å². The topological polar surface area (TPSA) is 102 Å². The molecule has 0 unspecified atom stereocenters. The molecule has 0 amide bonds. The lowest BCUT2D eigenvalue weighted by atomic mass is 10.0. The fourth-order valence-corrected chi connectivity index (χ4v) is 2.28. The van der Waals surface area contributed by atoms with E-state index < -0.39 is 10.7 Å². The Bertz CT molecular complexity index is 912. The number of benzene rings is 2. The molecule has 0 atom stereocenters. The summed E-state index contributed by atoms with van der Waals surface area (Å²) in [6.45, 7) is 2.32. The summed E-state index contributed by atoms with van der Waals surface area (Å²) in [6, 6.07) is 12.1. The SMILES string of the molecule is CCOc1ccc(/C=C(\C#N)C(=O)c2cccc([N+](=O)[O-])c2)cc1OC. The predicted molar refractivity (Wildman–Crippen MR) is 95.2 cm³/mol. The van der Waals surface area contributed by atoms with Gasteiger partial charge in [0, 0.05) is 17.7 Å². The van der Waals surface area contributed by atoms with E-state index in [-0.39, 0.29) is 16.8 Å². The van der Waals surface area contributed by atoms with E-state index in [1.54, 1.807) is 18.2 Å². The number of non-ortho nitro benzene ring substituents is 1. The van der Waals surface area contributed by atoms with Crippen LogP contribution in [0.3, 0.4) is 0 Å². The Morgan fingerprint density at radius 1 is 1.27 bits per heavy atom. The molecule has 0 saturated carbocycles. The molecule has 0 bridgehead atoms. The molecule has 0 spiro atoms. The first-order valence-corrected chi connectivity index (χ1v) is 7.72. The lowest BCUT2D eigenvalue weighted by molar-refractivity contribution is -0.384. The van der Waals surface area contributed by atoms with Gasteiger partial charge in [0.2, 0.25) is 5.78 Å². The number of carbonyl (C=O) groups excluding carboxylic acids is 1. The second-order valence-electron chi connectivity index (χ2n) is 5.15. The molecule has 2 rings (SSSR count). The van der Waals surface area contributed by atoms with Crippen molar-refractivity contribution < 1.29 is 19.2 Å². The van der Waals surface area contributed by atoms with Gasteiger partial charge in [0.25, 0.3) is 5.69 Å². The number of ketones is 1. The minimum absolute atomic E-state index is 0.0740. The third-order valence-corrected chi connectivity index (χ3v) is 3.48. The maximum Gasteiger partial charge on any atom is 0.270 e. The molecule has 0 N–H and O–H groups in total. The number of hydrogen-bond acceptors (Lipinski definition) is 6. The standard InChI is InChI=1S/C19H16N2O5/c1-3-26-17-8-7-13(10-18(17)25-2)9-15(12-20)19(22)14-5-4-6-16(11-14)21(23)24/h4-11H,3H2,1-2H3/b15-9+. The van der Waals surface area contributed by atoms with Crippen LogP contribution in [-0.4, -0.2) is 24.4 Å². The van der Waals surface area contributed by atoms with Crippen LogP contribution < -0.4 is 9.47 Å². The van der Waals surface area contributed by atoms with Crippen LogP contribution in [0.2, 0.25) is 0 Å². The Morgan fingerprint density at radius 2 is 2.04 bits per heavy atom. The van der Waals surface area contributed by atoms with Crippen molar-refractivity contribution in [3.63, 3.8) is 0 Å². The van der Waals surface area contributed by atoms with Crippen molar-refractivity contribution in [1.82, 2.24) is 0 Å². The third kappa shape index (κ3) is 4.24. The summed E-state index contributed by atoms with van der Waals surface area (Å²) in [6.07, 6.45) is 1.40. The predicted octanol–water partition coefficient (Wildman–Crippen LogP) is 3.79. The largest absolute Gasteiger partial charge is 0.493 e. The zero-order chi connectivity index (χ0) is 19.1. The molecule has 2 aromatic rings. The van der Waals surface area contributed by atoms with Crippen LogP contribution in [0.15, 0.2) is 48.0 Å². The van der Waals surface area contributed by atoms with Crippen LogP contribution in [0.5, 0.6) is 11.5 Å². The van der Waals surface area contributed by atoms with E-state index in [1.165, 1.54) is 31.4 Å². The number of nitrogens with zero attached hydrogens (tertiary/aromatic N) is 2. The van der Waals surface area contributed by atoms with E-state index in [9.17, 15) is 20.2 Å². The van der Waals surface area contributed by atoms with Gasteiger partial charge in [0.05, 0.1) is 18.6 Å². The number of nitro groups is 1. The van der Waals surface area contributed by atoms with Gasteiger partial charge in [-0.25, -0.2) is 0 Å². The molecule has 0 heterocycles. The van der Waals surface area contributed by atoms with Crippen LogP contribution in [0.1, 0.15) is 22.8 Å². The maximum absolute atomic E-state index is 12.5. The second kappa shape index (κ2) is 8.44. The lowest BCUT2D eigenvalue weighted by Gasteiger charge is -2.09. The van der Waals surface area contributed by atoms with E-state index in [0.717, 1.165) is 6.07 Å². The molecule has 2 aromatic carbocycles. The highest BCUT2D eigenvalue weighted by molar-refractivity contribution is 6.14. The normalized spacial score (nSPS) is 10.7. The molecule has 7 heteroatoms.